The minimum absolute atomic E-state index is 0.0268. The van der Waals surface area contributed by atoms with Crippen LogP contribution in [0.2, 0.25) is 0 Å². The van der Waals surface area contributed by atoms with Crippen LogP contribution in [-0.2, 0) is 9.59 Å². The molecular weight excluding hydrogens is 384 g/mol. The van der Waals surface area contributed by atoms with Gasteiger partial charge in [-0.2, -0.15) is 13.9 Å². The van der Waals surface area contributed by atoms with Gasteiger partial charge in [-0.05, 0) is 29.8 Å². The number of amides is 2. The highest BCUT2D eigenvalue weighted by Crippen LogP contribution is 2.26. The van der Waals surface area contributed by atoms with Gasteiger partial charge in [0.1, 0.15) is 0 Å². The number of halogens is 2. The second-order valence-corrected chi connectivity index (χ2v) is 7.19. The molecule has 0 saturated heterocycles. The third-order valence-electron chi connectivity index (χ3n) is 4.13. The van der Waals surface area contributed by atoms with Gasteiger partial charge < -0.3 is 5.32 Å². The zero-order chi connectivity index (χ0) is 19.9. The summed E-state index contributed by atoms with van der Waals surface area (Å²) in [6, 6.07) is 15.8. The van der Waals surface area contributed by atoms with Crippen LogP contribution in [0.15, 0.2) is 64.6 Å². The lowest BCUT2D eigenvalue weighted by Gasteiger charge is -2.11. The monoisotopic (exact) mass is 403 g/mol. The van der Waals surface area contributed by atoms with E-state index in [1.54, 1.807) is 12.1 Å². The van der Waals surface area contributed by atoms with Crippen LogP contribution in [0, 0.1) is 0 Å². The smallest absolute Gasteiger partial charge is 0.288 e. The molecule has 0 aromatic heterocycles. The van der Waals surface area contributed by atoms with E-state index in [9.17, 15) is 18.4 Å². The van der Waals surface area contributed by atoms with Gasteiger partial charge in [-0.1, -0.05) is 42.1 Å². The first-order chi connectivity index (χ1) is 13.5. The van der Waals surface area contributed by atoms with Gasteiger partial charge in [0.2, 0.25) is 11.8 Å². The van der Waals surface area contributed by atoms with Crippen molar-refractivity contribution in [1.82, 2.24) is 5.01 Å². The summed E-state index contributed by atoms with van der Waals surface area (Å²) in [4.78, 5) is 24.7. The number of nitrogens with zero attached hydrogens (tertiary/aromatic N) is 2. The first-order valence-corrected chi connectivity index (χ1v) is 9.67. The molecule has 0 fully saturated rings. The highest BCUT2D eigenvalue weighted by atomic mass is 32.2. The first-order valence-electron chi connectivity index (χ1n) is 8.79. The van der Waals surface area contributed by atoms with Crippen LogP contribution in [0.25, 0.3) is 0 Å². The lowest BCUT2D eigenvalue weighted by Crippen LogP contribution is -2.24. The summed E-state index contributed by atoms with van der Waals surface area (Å²) < 4.78 is 24.6. The minimum atomic E-state index is -2.48. The molecule has 0 atom stereocenters. The summed E-state index contributed by atoms with van der Waals surface area (Å²) in [5, 5.41) is 8.43. The molecule has 2 amide bonds. The number of hydrogen-bond acceptors (Lipinski definition) is 4. The van der Waals surface area contributed by atoms with Gasteiger partial charge in [-0.3, -0.25) is 9.59 Å². The number of hydrazone groups is 1. The van der Waals surface area contributed by atoms with E-state index >= 15 is 0 Å². The molecule has 0 saturated carbocycles. The quantitative estimate of drug-likeness (QED) is 0.699. The average Bonchev–Trinajstić information content (AvgIpc) is 3.18. The van der Waals surface area contributed by atoms with Crippen molar-refractivity contribution >= 4 is 35.0 Å². The zero-order valence-electron chi connectivity index (χ0n) is 15.0. The van der Waals surface area contributed by atoms with Gasteiger partial charge in [0.15, 0.2) is 0 Å². The first kappa shape index (κ1) is 20.0. The highest BCUT2D eigenvalue weighted by molar-refractivity contribution is 7.99. The number of alkyl halides is 2. The number of anilines is 1. The van der Waals surface area contributed by atoms with Crippen molar-refractivity contribution in [1.29, 1.82) is 0 Å². The topological polar surface area (TPSA) is 61.8 Å². The Morgan fingerprint density at radius 2 is 1.79 bits per heavy atom. The van der Waals surface area contributed by atoms with Crippen molar-refractivity contribution < 1.29 is 18.4 Å². The van der Waals surface area contributed by atoms with Crippen molar-refractivity contribution in [2.45, 2.75) is 29.9 Å². The molecule has 1 heterocycles. The van der Waals surface area contributed by atoms with Gasteiger partial charge in [0, 0.05) is 29.8 Å². The number of benzene rings is 2. The lowest BCUT2D eigenvalue weighted by molar-refractivity contribution is -0.132. The van der Waals surface area contributed by atoms with Gasteiger partial charge in [0.05, 0.1) is 12.3 Å². The normalized spacial score (nSPS) is 13.5. The Hall–Kier alpha value is -2.74. The maximum Gasteiger partial charge on any atom is 0.288 e. The summed E-state index contributed by atoms with van der Waals surface area (Å²) in [5.74, 6) is -3.00. The fraction of sp³-hybridized carbons (Fsp3) is 0.250. The van der Waals surface area contributed by atoms with E-state index in [1.807, 2.05) is 30.3 Å². The van der Waals surface area contributed by atoms with Gasteiger partial charge in [-0.15, -0.1) is 0 Å². The summed E-state index contributed by atoms with van der Waals surface area (Å²) >= 11 is 0.444. The van der Waals surface area contributed by atoms with E-state index in [0.29, 0.717) is 35.3 Å². The Morgan fingerprint density at radius 1 is 1.07 bits per heavy atom. The molecule has 28 heavy (non-hydrogen) atoms. The molecule has 0 spiro atoms. The van der Waals surface area contributed by atoms with E-state index in [-0.39, 0.29) is 24.7 Å². The maximum atomic E-state index is 12.3. The number of carbonyl (C=O) groups is 2. The summed E-state index contributed by atoms with van der Waals surface area (Å²) in [6.45, 7) is 0.508. The largest absolute Gasteiger partial charge is 0.326 e. The molecule has 1 N–H and O–H groups in total. The molecule has 5 nitrogen and oxygen atoms in total. The molecule has 0 unspecified atom stereocenters. The van der Waals surface area contributed by atoms with Crippen molar-refractivity contribution in [2.75, 3.05) is 11.9 Å². The SMILES string of the molecule is O=C(CCC(=O)N1CCC(c2ccccc2)=N1)Nc1ccc(SC(F)F)cc1. The number of nitrogens with one attached hydrogen (secondary N) is 1. The van der Waals surface area contributed by atoms with E-state index in [0.717, 1.165) is 11.3 Å². The van der Waals surface area contributed by atoms with E-state index < -0.39 is 5.76 Å². The Kier molecular flexibility index (Phi) is 6.76. The molecule has 0 aliphatic carbocycles. The zero-order valence-corrected chi connectivity index (χ0v) is 15.8. The summed E-state index contributed by atoms with van der Waals surface area (Å²) in [5.41, 5.74) is 2.35. The van der Waals surface area contributed by atoms with Crippen LogP contribution in [0.5, 0.6) is 0 Å². The van der Waals surface area contributed by atoms with Crippen molar-refractivity contribution in [2.24, 2.45) is 5.10 Å². The standard InChI is InChI=1S/C20H19F2N3O2S/c21-20(22)28-16-8-6-15(7-9-16)23-18(26)10-11-19(27)25-13-12-17(24-25)14-4-2-1-3-5-14/h1-9,20H,10-13H2,(H,23,26). The lowest BCUT2D eigenvalue weighted by atomic mass is 10.1. The molecule has 0 radical (unpaired) electrons. The van der Waals surface area contributed by atoms with Crippen LogP contribution >= 0.6 is 11.8 Å². The van der Waals surface area contributed by atoms with Crippen LogP contribution in [-0.4, -0.2) is 34.8 Å². The molecule has 2 aromatic rings. The molecule has 1 aliphatic heterocycles. The molecule has 3 rings (SSSR count). The summed E-state index contributed by atoms with van der Waals surface area (Å²) in [7, 11) is 0. The van der Waals surface area contributed by atoms with Crippen LogP contribution < -0.4 is 5.32 Å². The number of thioether (sulfide) groups is 1. The summed E-state index contributed by atoms with van der Waals surface area (Å²) in [6.07, 6.45) is 0.765. The Bertz CT molecular complexity index is 858. The molecule has 2 aromatic carbocycles. The van der Waals surface area contributed by atoms with Gasteiger partial charge in [0.25, 0.3) is 5.76 Å². The average molecular weight is 403 g/mol. The Morgan fingerprint density at radius 3 is 2.46 bits per heavy atom. The third-order valence-corrected chi connectivity index (χ3v) is 4.85. The minimum Gasteiger partial charge on any atom is -0.326 e. The Labute approximate surface area is 165 Å². The number of carbonyl (C=O) groups excluding carboxylic acids is 2. The fourth-order valence-electron chi connectivity index (χ4n) is 2.76. The van der Waals surface area contributed by atoms with E-state index in [4.69, 9.17) is 0 Å². The van der Waals surface area contributed by atoms with Crippen molar-refractivity contribution in [3.05, 3.63) is 60.2 Å². The van der Waals surface area contributed by atoms with Crippen LogP contribution in [0.4, 0.5) is 14.5 Å². The molecular formula is C20H19F2N3O2S. The van der Waals surface area contributed by atoms with Crippen LogP contribution in [0.1, 0.15) is 24.8 Å². The number of hydrogen-bond donors (Lipinski definition) is 1. The van der Waals surface area contributed by atoms with E-state index in [1.165, 1.54) is 17.1 Å². The van der Waals surface area contributed by atoms with Gasteiger partial charge >= 0.3 is 0 Å². The maximum absolute atomic E-state index is 12.3. The Balaban J connectivity index is 1.47. The predicted molar refractivity (Wildman–Crippen MR) is 105 cm³/mol. The van der Waals surface area contributed by atoms with Crippen LogP contribution in [0.3, 0.4) is 0 Å². The van der Waals surface area contributed by atoms with Crippen molar-refractivity contribution in [3.63, 3.8) is 0 Å². The molecule has 1 aliphatic rings. The molecule has 146 valence electrons. The number of rotatable bonds is 7. The second kappa shape index (κ2) is 9.45. The molecule has 8 heteroatoms. The molecule has 0 bridgehead atoms. The van der Waals surface area contributed by atoms with Crippen molar-refractivity contribution in [3.8, 4) is 0 Å². The highest BCUT2D eigenvalue weighted by Gasteiger charge is 2.21. The fourth-order valence-corrected chi connectivity index (χ4v) is 3.26. The van der Waals surface area contributed by atoms with Gasteiger partial charge in [-0.25, -0.2) is 5.01 Å². The predicted octanol–water partition coefficient (Wildman–Crippen LogP) is 4.36. The second-order valence-electron chi connectivity index (χ2n) is 6.13. The third kappa shape index (κ3) is 5.63. The van der Waals surface area contributed by atoms with E-state index in [2.05, 4.69) is 10.4 Å².